The summed E-state index contributed by atoms with van der Waals surface area (Å²) < 4.78 is 18.2. The van der Waals surface area contributed by atoms with Gasteiger partial charge in [0, 0.05) is 12.5 Å². The number of hydrogen-bond donors (Lipinski definition) is 0. The first-order valence-electron chi connectivity index (χ1n) is 5.63. The average molecular weight is 222 g/mol. The summed E-state index contributed by atoms with van der Waals surface area (Å²) in [6, 6.07) is 5.97. The lowest BCUT2D eigenvalue weighted by Crippen LogP contribution is -2.30. The van der Waals surface area contributed by atoms with Gasteiger partial charge in [-0.3, -0.25) is 4.79 Å². The Labute approximate surface area is 94.4 Å². The molecule has 0 saturated carbocycles. The summed E-state index contributed by atoms with van der Waals surface area (Å²) in [5.74, 6) is -0.0804. The fourth-order valence-electron chi connectivity index (χ4n) is 2.07. The molecule has 0 N–H and O–H groups in total. The second-order valence-electron chi connectivity index (χ2n) is 4.10. The highest BCUT2D eigenvalue weighted by atomic mass is 19.1. The number of carbonyl (C=O) groups excluding carboxylic acids is 1. The zero-order chi connectivity index (χ0) is 11.5. The topological polar surface area (TPSA) is 26.3 Å². The fourth-order valence-corrected chi connectivity index (χ4v) is 2.07. The average Bonchev–Trinajstić information content (AvgIpc) is 2.31. The van der Waals surface area contributed by atoms with E-state index in [4.69, 9.17) is 4.74 Å². The van der Waals surface area contributed by atoms with E-state index in [1.165, 1.54) is 12.1 Å². The van der Waals surface area contributed by atoms with E-state index >= 15 is 0 Å². The van der Waals surface area contributed by atoms with Crippen molar-refractivity contribution in [3.63, 3.8) is 0 Å². The molecule has 86 valence electrons. The molecule has 1 aromatic rings. The van der Waals surface area contributed by atoms with Crippen LogP contribution in [0.15, 0.2) is 24.3 Å². The summed E-state index contributed by atoms with van der Waals surface area (Å²) in [4.78, 5) is 12.0. The molecule has 1 heterocycles. The van der Waals surface area contributed by atoms with Crippen molar-refractivity contribution >= 4 is 5.78 Å². The number of ether oxygens (including phenoxy) is 1. The highest BCUT2D eigenvalue weighted by molar-refractivity contribution is 5.87. The molecule has 0 bridgehead atoms. The van der Waals surface area contributed by atoms with Crippen LogP contribution in [0.1, 0.15) is 31.4 Å². The maximum Gasteiger partial charge on any atom is 0.169 e. The molecule has 2 atom stereocenters. The molecule has 1 aromatic carbocycles. The van der Waals surface area contributed by atoms with Crippen LogP contribution < -0.4 is 0 Å². The molecule has 0 radical (unpaired) electrons. The Morgan fingerprint density at radius 3 is 2.69 bits per heavy atom. The van der Waals surface area contributed by atoms with E-state index in [9.17, 15) is 9.18 Å². The minimum Gasteiger partial charge on any atom is -0.366 e. The predicted octanol–water partition coefficient (Wildman–Crippen LogP) is 2.88. The molecule has 1 aliphatic heterocycles. The number of rotatable bonds is 2. The van der Waals surface area contributed by atoms with Crippen LogP contribution in [0.3, 0.4) is 0 Å². The lowest BCUT2D eigenvalue weighted by Gasteiger charge is -2.27. The number of halogens is 1. The van der Waals surface area contributed by atoms with E-state index in [1.54, 1.807) is 12.1 Å². The Hall–Kier alpha value is -1.22. The molecule has 1 saturated heterocycles. The molecular weight excluding hydrogens is 207 g/mol. The maximum atomic E-state index is 12.8. The normalized spacial score (nSPS) is 25.8. The van der Waals surface area contributed by atoms with Gasteiger partial charge in [0.15, 0.2) is 5.78 Å². The van der Waals surface area contributed by atoms with Crippen molar-refractivity contribution in [3.8, 4) is 0 Å². The third-order valence-corrected chi connectivity index (χ3v) is 3.08. The van der Waals surface area contributed by atoms with Crippen LogP contribution in [0, 0.1) is 11.7 Å². The number of Topliss-reactive ketones (excluding diaryl/α,β-unsaturated/α-hetero) is 1. The van der Waals surface area contributed by atoms with Gasteiger partial charge in [0.2, 0.25) is 0 Å². The monoisotopic (exact) mass is 222 g/mol. The summed E-state index contributed by atoms with van der Waals surface area (Å²) in [7, 11) is 0. The number of carbonyl (C=O) groups is 1. The quantitative estimate of drug-likeness (QED) is 0.769. The van der Waals surface area contributed by atoms with E-state index in [0.717, 1.165) is 18.4 Å². The van der Waals surface area contributed by atoms with Crippen LogP contribution in [0.4, 0.5) is 4.39 Å². The molecule has 0 spiro atoms. The van der Waals surface area contributed by atoms with Crippen LogP contribution in [0.25, 0.3) is 0 Å². The standard InChI is InChI=1S/C13H15FO2/c1-2-9-7-8-16-13(12(9)15)10-3-5-11(14)6-4-10/h3-6,9,13H,2,7-8H2,1H3. The van der Waals surface area contributed by atoms with Gasteiger partial charge in [-0.2, -0.15) is 0 Å². The van der Waals surface area contributed by atoms with Crippen molar-refractivity contribution in [1.82, 2.24) is 0 Å². The largest absolute Gasteiger partial charge is 0.366 e. The van der Waals surface area contributed by atoms with Gasteiger partial charge in [-0.05, 0) is 30.5 Å². The third-order valence-electron chi connectivity index (χ3n) is 3.08. The molecule has 0 amide bonds. The van der Waals surface area contributed by atoms with Crippen molar-refractivity contribution in [3.05, 3.63) is 35.6 Å². The van der Waals surface area contributed by atoms with Gasteiger partial charge in [-0.25, -0.2) is 4.39 Å². The van der Waals surface area contributed by atoms with Crippen molar-refractivity contribution in [1.29, 1.82) is 0 Å². The summed E-state index contributed by atoms with van der Waals surface area (Å²) in [6.07, 6.45) is 1.15. The van der Waals surface area contributed by atoms with Gasteiger partial charge in [-0.1, -0.05) is 19.1 Å². The molecule has 2 rings (SSSR count). The van der Waals surface area contributed by atoms with Crippen molar-refractivity contribution in [2.75, 3.05) is 6.61 Å². The van der Waals surface area contributed by atoms with Crippen LogP contribution in [0.5, 0.6) is 0 Å². The van der Waals surface area contributed by atoms with E-state index in [0.29, 0.717) is 6.61 Å². The highest BCUT2D eigenvalue weighted by Gasteiger charge is 2.31. The molecule has 0 aromatic heterocycles. The fraction of sp³-hybridized carbons (Fsp3) is 0.462. The Morgan fingerprint density at radius 2 is 2.06 bits per heavy atom. The zero-order valence-electron chi connectivity index (χ0n) is 9.28. The summed E-state index contributed by atoms with van der Waals surface area (Å²) in [5.41, 5.74) is 0.754. The van der Waals surface area contributed by atoms with Crippen molar-refractivity contribution < 1.29 is 13.9 Å². The first-order valence-corrected chi connectivity index (χ1v) is 5.63. The first kappa shape index (κ1) is 11.3. The number of hydrogen-bond acceptors (Lipinski definition) is 2. The zero-order valence-corrected chi connectivity index (χ0v) is 9.28. The second-order valence-corrected chi connectivity index (χ2v) is 4.10. The van der Waals surface area contributed by atoms with E-state index in [1.807, 2.05) is 6.92 Å². The summed E-state index contributed by atoms with van der Waals surface area (Å²) in [6.45, 7) is 2.61. The Kier molecular flexibility index (Phi) is 3.34. The van der Waals surface area contributed by atoms with Gasteiger partial charge in [0.25, 0.3) is 0 Å². The first-order chi connectivity index (χ1) is 7.72. The van der Waals surface area contributed by atoms with Crippen LogP contribution in [-0.4, -0.2) is 12.4 Å². The molecule has 1 aliphatic rings. The maximum absolute atomic E-state index is 12.8. The smallest absolute Gasteiger partial charge is 0.169 e. The summed E-state index contributed by atoms with van der Waals surface area (Å²) in [5, 5.41) is 0. The van der Waals surface area contributed by atoms with E-state index < -0.39 is 6.10 Å². The van der Waals surface area contributed by atoms with Crippen molar-refractivity contribution in [2.45, 2.75) is 25.9 Å². The van der Waals surface area contributed by atoms with Crippen molar-refractivity contribution in [2.24, 2.45) is 5.92 Å². The molecule has 0 aliphatic carbocycles. The molecule has 3 heteroatoms. The Balaban J connectivity index is 2.20. The second kappa shape index (κ2) is 4.74. The highest BCUT2D eigenvalue weighted by Crippen LogP contribution is 2.29. The number of benzene rings is 1. The Morgan fingerprint density at radius 1 is 1.38 bits per heavy atom. The van der Waals surface area contributed by atoms with Gasteiger partial charge >= 0.3 is 0 Å². The third kappa shape index (κ3) is 2.14. The van der Waals surface area contributed by atoms with Crippen LogP contribution >= 0.6 is 0 Å². The molecule has 2 unspecified atom stereocenters. The molecular formula is C13H15FO2. The van der Waals surface area contributed by atoms with Gasteiger partial charge in [0.1, 0.15) is 11.9 Å². The summed E-state index contributed by atoms with van der Waals surface area (Å²) >= 11 is 0. The van der Waals surface area contributed by atoms with Gasteiger partial charge in [-0.15, -0.1) is 0 Å². The Bertz CT molecular complexity index is 372. The lowest BCUT2D eigenvalue weighted by molar-refractivity contribution is -0.142. The number of ketones is 1. The van der Waals surface area contributed by atoms with E-state index in [2.05, 4.69) is 0 Å². The SMILES string of the molecule is CCC1CCOC(c2ccc(F)cc2)C1=O. The van der Waals surface area contributed by atoms with Gasteiger partial charge < -0.3 is 4.74 Å². The minimum atomic E-state index is -0.501. The molecule has 16 heavy (non-hydrogen) atoms. The van der Waals surface area contributed by atoms with Gasteiger partial charge in [0.05, 0.1) is 0 Å². The van der Waals surface area contributed by atoms with Crippen LogP contribution in [-0.2, 0) is 9.53 Å². The van der Waals surface area contributed by atoms with Crippen LogP contribution in [0.2, 0.25) is 0 Å². The predicted molar refractivity (Wildman–Crippen MR) is 58.5 cm³/mol. The minimum absolute atomic E-state index is 0.0869. The molecule has 2 nitrogen and oxygen atoms in total. The molecule has 1 fully saturated rings. The lowest BCUT2D eigenvalue weighted by atomic mass is 9.89. The van der Waals surface area contributed by atoms with E-state index in [-0.39, 0.29) is 17.5 Å².